The van der Waals surface area contributed by atoms with Crippen LogP contribution in [0.5, 0.6) is 0 Å². The van der Waals surface area contributed by atoms with Gasteiger partial charge in [-0.15, -0.1) is 0 Å². The van der Waals surface area contributed by atoms with Crippen molar-refractivity contribution in [3.05, 3.63) is 59.8 Å². The lowest BCUT2D eigenvalue weighted by Crippen LogP contribution is -2.48. The summed E-state index contributed by atoms with van der Waals surface area (Å²) in [6.07, 6.45) is 1.35. The minimum atomic E-state index is -0.510. The second kappa shape index (κ2) is 6.71. The Morgan fingerprint density at radius 1 is 1.11 bits per heavy atom. The molecule has 2 amide bonds. The second-order valence-corrected chi connectivity index (χ2v) is 6.26. The molecule has 2 aromatic carbocycles. The van der Waals surface area contributed by atoms with Crippen molar-refractivity contribution in [1.82, 2.24) is 5.32 Å². The van der Waals surface area contributed by atoms with Gasteiger partial charge in [-0.3, -0.25) is 9.59 Å². The lowest BCUT2D eigenvalue weighted by atomic mass is 10.1. The largest absolute Gasteiger partial charge is 0.361 e. The van der Waals surface area contributed by atoms with Crippen LogP contribution in [0.15, 0.2) is 42.6 Å². The van der Waals surface area contributed by atoms with Crippen molar-refractivity contribution in [2.75, 3.05) is 35.2 Å². The molecule has 0 unspecified atom stereocenters. The van der Waals surface area contributed by atoms with Crippen molar-refractivity contribution in [2.24, 2.45) is 0 Å². The van der Waals surface area contributed by atoms with Gasteiger partial charge in [-0.25, -0.2) is 8.78 Å². The molecular weight excluding hydrogens is 354 g/mol. The molecule has 2 heterocycles. The Balaban J connectivity index is 1.56. The molecule has 0 radical (unpaired) electrons. The quantitative estimate of drug-likeness (QED) is 0.725. The van der Waals surface area contributed by atoms with Gasteiger partial charge in [0.25, 0.3) is 5.91 Å². The molecule has 0 atom stereocenters. The van der Waals surface area contributed by atoms with Gasteiger partial charge in [0.05, 0.1) is 23.5 Å². The zero-order valence-corrected chi connectivity index (χ0v) is 14.2. The minimum Gasteiger partial charge on any atom is -0.361 e. The Bertz CT molecular complexity index is 974. The Labute approximate surface area is 153 Å². The van der Waals surface area contributed by atoms with Gasteiger partial charge in [0.1, 0.15) is 11.6 Å². The maximum absolute atomic E-state index is 14.5. The number of nitrogens with one attached hydrogen (secondary N) is 3. The number of rotatable bonds is 3. The monoisotopic (exact) mass is 370 g/mol. The van der Waals surface area contributed by atoms with Gasteiger partial charge in [0.2, 0.25) is 5.91 Å². The summed E-state index contributed by atoms with van der Waals surface area (Å²) in [6, 6.07) is 8.87. The van der Waals surface area contributed by atoms with Crippen LogP contribution >= 0.6 is 0 Å². The molecule has 138 valence electrons. The van der Waals surface area contributed by atoms with Crippen LogP contribution in [-0.2, 0) is 9.59 Å². The van der Waals surface area contributed by atoms with Gasteiger partial charge in [-0.1, -0.05) is 6.07 Å². The number of benzene rings is 2. The second-order valence-electron chi connectivity index (χ2n) is 6.26. The number of nitrogens with zero attached hydrogens (tertiary/aromatic N) is 1. The highest BCUT2D eigenvalue weighted by molar-refractivity contribution is 6.31. The van der Waals surface area contributed by atoms with Gasteiger partial charge in [0.15, 0.2) is 0 Å². The number of amides is 2. The van der Waals surface area contributed by atoms with Crippen molar-refractivity contribution in [3.8, 4) is 0 Å². The summed E-state index contributed by atoms with van der Waals surface area (Å²) in [5.74, 6) is -1.58. The predicted molar refractivity (Wildman–Crippen MR) is 98.3 cm³/mol. The van der Waals surface area contributed by atoms with Crippen molar-refractivity contribution >= 4 is 34.4 Å². The van der Waals surface area contributed by atoms with Crippen LogP contribution in [0.25, 0.3) is 5.57 Å². The first-order chi connectivity index (χ1) is 13.0. The molecule has 0 aromatic heterocycles. The van der Waals surface area contributed by atoms with E-state index in [1.165, 1.54) is 24.4 Å². The van der Waals surface area contributed by atoms with Gasteiger partial charge in [-0.2, -0.15) is 0 Å². The Morgan fingerprint density at radius 2 is 1.96 bits per heavy atom. The molecule has 2 aliphatic rings. The molecule has 0 saturated carbocycles. The molecule has 0 bridgehead atoms. The summed E-state index contributed by atoms with van der Waals surface area (Å²) in [5.41, 5.74) is 1.46. The standard InChI is InChI=1S/C19H16F2N4O2/c20-13-2-1-3-15-18(13)12(19(27)24-15)9-23-11-4-5-16(14(21)8-11)25-7-6-22-17(26)10-25/h1-5,8-9,23H,6-7,10H2,(H,22,26)(H,24,27). The van der Waals surface area contributed by atoms with E-state index in [9.17, 15) is 18.4 Å². The minimum absolute atomic E-state index is 0.101. The van der Waals surface area contributed by atoms with E-state index < -0.39 is 17.5 Å². The van der Waals surface area contributed by atoms with E-state index in [0.717, 1.165) is 0 Å². The molecule has 1 saturated heterocycles. The van der Waals surface area contributed by atoms with Crippen LogP contribution in [0.2, 0.25) is 0 Å². The molecule has 3 N–H and O–H groups in total. The summed E-state index contributed by atoms with van der Waals surface area (Å²) in [4.78, 5) is 25.2. The topological polar surface area (TPSA) is 73.5 Å². The van der Waals surface area contributed by atoms with Crippen molar-refractivity contribution in [2.45, 2.75) is 0 Å². The molecule has 0 spiro atoms. The SMILES string of the molecule is O=C1CN(c2ccc(NC=C3C(=O)Nc4cccc(F)c43)cc2F)CCN1. The van der Waals surface area contributed by atoms with Crippen LogP contribution in [0.1, 0.15) is 5.56 Å². The molecule has 8 heteroatoms. The summed E-state index contributed by atoms with van der Waals surface area (Å²) < 4.78 is 28.5. The van der Waals surface area contributed by atoms with E-state index in [1.54, 1.807) is 23.1 Å². The summed E-state index contributed by atoms with van der Waals surface area (Å²) in [5, 5.41) is 8.11. The Hall–Kier alpha value is -3.42. The van der Waals surface area contributed by atoms with Crippen LogP contribution < -0.4 is 20.9 Å². The highest BCUT2D eigenvalue weighted by Crippen LogP contribution is 2.33. The lowest BCUT2D eigenvalue weighted by Gasteiger charge is -2.29. The van der Waals surface area contributed by atoms with Gasteiger partial charge >= 0.3 is 0 Å². The fraction of sp³-hybridized carbons (Fsp3) is 0.158. The molecular formula is C19H16F2N4O2. The Morgan fingerprint density at radius 3 is 2.74 bits per heavy atom. The zero-order chi connectivity index (χ0) is 19.0. The molecule has 4 rings (SSSR count). The van der Waals surface area contributed by atoms with E-state index in [4.69, 9.17) is 0 Å². The number of halogens is 2. The van der Waals surface area contributed by atoms with E-state index in [2.05, 4.69) is 16.0 Å². The summed E-state index contributed by atoms with van der Waals surface area (Å²) in [6.45, 7) is 1.09. The maximum atomic E-state index is 14.5. The third-order valence-corrected chi connectivity index (χ3v) is 4.49. The molecule has 1 fully saturated rings. The normalized spacial score (nSPS) is 17.6. The molecule has 2 aromatic rings. The van der Waals surface area contributed by atoms with E-state index in [0.29, 0.717) is 30.2 Å². The van der Waals surface area contributed by atoms with Crippen LogP contribution in [-0.4, -0.2) is 31.4 Å². The van der Waals surface area contributed by atoms with E-state index in [1.807, 2.05) is 0 Å². The maximum Gasteiger partial charge on any atom is 0.257 e. The highest BCUT2D eigenvalue weighted by atomic mass is 19.1. The number of piperazine rings is 1. The molecule has 2 aliphatic heterocycles. The number of anilines is 3. The fourth-order valence-corrected chi connectivity index (χ4v) is 3.20. The number of carbonyl (C=O) groups excluding carboxylic acids is 2. The van der Waals surface area contributed by atoms with Crippen LogP contribution in [0, 0.1) is 11.6 Å². The molecule has 0 aliphatic carbocycles. The summed E-state index contributed by atoms with van der Waals surface area (Å²) in [7, 11) is 0. The smallest absolute Gasteiger partial charge is 0.257 e. The molecule has 27 heavy (non-hydrogen) atoms. The lowest BCUT2D eigenvalue weighted by molar-refractivity contribution is -0.120. The first-order valence-corrected chi connectivity index (χ1v) is 8.41. The van der Waals surface area contributed by atoms with E-state index >= 15 is 0 Å². The van der Waals surface area contributed by atoms with Crippen molar-refractivity contribution < 1.29 is 18.4 Å². The molecule has 6 nitrogen and oxygen atoms in total. The first kappa shape index (κ1) is 17.0. The number of hydrogen-bond acceptors (Lipinski definition) is 4. The van der Waals surface area contributed by atoms with Crippen LogP contribution in [0.3, 0.4) is 0 Å². The van der Waals surface area contributed by atoms with Gasteiger partial charge < -0.3 is 20.9 Å². The third-order valence-electron chi connectivity index (χ3n) is 4.49. The average Bonchev–Trinajstić information content (AvgIpc) is 2.96. The Kier molecular flexibility index (Phi) is 4.23. The summed E-state index contributed by atoms with van der Waals surface area (Å²) >= 11 is 0. The van der Waals surface area contributed by atoms with Crippen molar-refractivity contribution in [1.29, 1.82) is 0 Å². The highest BCUT2D eigenvalue weighted by Gasteiger charge is 2.27. The van der Waals surface area contributed by atoms with Gasteiger partial charge in [-0.05, 0) is 30.3 Å². The number of fused-ring (bicyclic) bond motifs is 1. The average molecular weight is 370 g/mol. The number of hydrogen-bond donors (Lipinski definition) is 3. The first-order valence-electron chi connectivity index (χ1n) is 8.41. The number of carbonyl (C=O) groups is 2. The van der Waals surface area contributed by atoms with Gasteiger partial charge in [0, 0.05) is 30.5 Å². The fourth-order valence-electron chi connectivity index (χ4n) is 3.20. The van der Waals surface area contributed by atoms with E-state index in [-0.39, 0.29) is 23.6 Å². The predicted octanol–water partition coefficient (Wildman–Crippen LogP) is 2.31. The van der Waals surface area contributed by atoms with Crippen molar-refractivity contribution in [3.63, 3.8) is 0 Å². The zero-order valence-electron chi connectivity index (χ0n) is 14.2. The third kappa shape index (κ3) is 3.21. The van der Waals surface area contributed by atoms with Crippen LogP contribution in [0.4, 0.5) is 25.8 Å².